The molecule has 1 heteroatoms. The summed E-state index contributed by atoms with van der Waals surface area (Å²) in [7, 11) is 0. The molecule has 1 nitrogen and oxygen atoms in total. The highest BCUT2D eigenvalue weighted by Crippen LogP contribution is 2.36. The Labute approximate surface area is 157 Å². The summed E-state index contributed by atoms with van der Waals surface area (Å²) in [4.78, 5) is 0. The van der Waals surface area contributed by atoms with Gasteiger partial charge in [0.1, 0.15) is 0 Å². The lowest BCUT2D eigenvalue weighted by Crippen LogP contribution is -2.09. The second-order valence-electron chi connectivity index (χ2n) is 6.82. The third kappa shape index (κ3) is 4.62. The van der Waals surface area contributed by atoms with Crippen LogP contribution in [-0.2, 0) is 11.2 Å². The summed E-state index contributed by atoms with van der Waals surface area (Å²) in [6.45, 7) is 7.22. The molecule has 1 aliphatic heterocycles. The van der Waals surface area contributed by atoms with Crippen molar-refractivity contribution in [2.75, 3.05) is 6.61 Å². The van der Waals surface area contributed by atoms with Gasteiger partial charge >= 0.3 is 0 Å². The fourth-order valence-electron chi connectivity index (χ4n) is 3.45. The third-order valence-corrected chi connectivity index (χ3v) is 4.88. The number of hydrogen-bond acceptors (Lipinski definition) is 1. The zero-order valence-electron chi connectivity index (χ0n) is 15.7. The van der Waals surface area contributed by atoms with Crippen LogP contribution in [0.4, 0.5) is 0 Å². The lowest BCUT2D eigenvalue weighted by Gasteiger charge is -2.15. The van der Waals surface area contributed by atoms with Crippen molar-refractivity contribution >= 4 is 5.57 Å². The van der Waals surface area contributed by atoms with Crippen LogP contribution < -0.4 is 0 Å². The molecule has 2 aromatic carbocycles. The first-order valence-electron chi connectivity index (χ1n) is 9.59. The van der Waals surface area contributed by atoms with E-state index in [0.717, 1.165) is 18.4 Å². The second-order valence-corrected chi connectivity index (χ2v) is 6.82. The molecule has 134 valence electrons. The summed E-state index contributed by atoms with van der Waals surface area (Å²) < 4.78 is 6.15. The monoisotopic (exact) mass is 344 g/mol. The van der Waals surface area contributed by atoms with Gasteiger partial charge in [0.05, 0.1) is 12.7 Å². The molecule has 0 spiro atoms. The highest BCUT2D eigenvalue weighted by molar-refractivity contribution is 5.78. The van der Waals surface area contributed by atoms with Crippen LogP contribution in [0.1, 0.15) is 37.3 Å². The van der Waals surface area contributed by atoms with E-state index in [4.69, 9.17) is 4.74 Å². The Bertz CT molecular complexity index is 768. The fourth-order valence-corrected chi connectivity index (χ4v) is 3.45. The van der Waals surface area contributed by atoms with Crippen molar-refractivity contribution in [3.05, 3.63) is 102 Å². The predicted octanol–water partition coefficient (Wildman–Crippen LogP) is 6.38. The Morgan fingerprint density at radius 2 is 1.77 bits per heavy atom. The zero-order chi connectivity index (χ0) is 18.2. The Morgan fingerprint density at radius 1 is 1.08 bits per heavy atom. The molecule has 0 aliphatic carbocycles. The SMILES string of the molecule is C=C(/C=C/Cc1ccccc1)C1=C(c2ccccc2)C(CCCC)OC1. The highest BCUT2D eigenvalue weighted by atomic mass is 16.5. The van der Waals surface area contributed by atoms with E-state index in [2.05, 4.69) is 86.3 Å². The highest BCUT2D eigenvalue weighted by Gasteiger charge is 2.27. The van der Waals surface area contributed by atoms with Crippen molar-refractivity contribution in [2.45, 2.75) is 38.7 Å². The Morgan fingerprint density at radius 3 is 2.46 bits per heavy atom. The first-order valence-corrected chi connectivity index (χ1v) is 9.59. The number of ether oxygens (including phenoxy) is 1. The first-order chi connectivity index (χ1) is 12.8. The molecule has 2 aromatic rings. The van der Waals surface area contributed by atoms with Gasteiger partial charge in [-0.2, -0.15) is 0 Å². The lowest BCUT2D eigenvalue weighted by molar-refractivity contribution is 0.122. The summed E-state index contributed by atoms with van der Waals surface area (Å²) in [5.41, 5.74) is 6.23. The van der Waals surface area contributed by atoms with Crippen LogP contribution in [0.2, 0.25) is 0 Å². The van der Waals surface area contributed by atoms with Crippen LogP contribution in [0.25, 0.3) is 5.57 Å². The van der Waals surface area contributed by atoms with Crippen LogP contribution in [0, 0.1) is 0 Å². The number of benzene rings is 2. The number of allylic oxidation sites excluding steroid dienone is 2. The maximum Gasteiger partial charge on any atom is 0.0839 e. The molecule has 1 heterocycles. The van der Waals surface area contributed by atoms with Gasteiger partial charge in [0.2, 0.25) is 0 Å². The summed E-state index contributed by atoms with van der Waals surface area (Å²) in [6.07, 6.45) is 8.91. The van der Waals surface area contributed by atoms with Crippen LogP contribution in [-0.4, -0.2) is 12.7 Å². The summed E-state index contributed by atoms with van der Waals surface area (Å²) >= 11 is 0. The summed E-state index contributed by atoms with van der Waals surface area (Å²) in [5, 5.41) is 0. The second kappa shape index (κ2) is 9.35. The standard InChI is InChI=1S/C25H28O/c1-3-4-18-24-25(22-16-9-6-10-17-22)23(19-26-24)20(2)12-11-15-21-13-7-5-8-14-21/h5-14,16-17,24H,2-4,15,18-19H2,1H3/b12-11+. The molecule has 26 heavy (non-hydrogen) atoms. The Balaban J connectivity index is 1.80. The van der Waals surface area contributed by atoms with Crippen molar-refractivity contribution in [2.24, 2.45) is 0 Å². The largest absolute Gasteiger partial charge is 0.369 e. The molecule has 0 fully saturated rings. The van der Waals surface area contributed by atoms with E-state index in [9.17, 15) is 0 Å². The summed E-state index contributed by atoms with van der Waals surface area (Å²) in [5.74, 6) is 0. The molecular formula is C25H28O. The molecule has 0 saturated carbocycles. The first kappa shape index (κ1) is 18.4. The van der Waals surface area contributed by atoms with E-state index in [-0.39, 0.29) is 6.10 Å². The fraction of sp³-hybridized carbons (Fsp3) is 0.280. The molecule has 0 saturated heterocycles. The topological polar surface area (TPSA) is 9.23 Å². The molecule has 0 bridgehead atoms. The molecule has 0 amide bonds. The minimum atomic E-state index is 0.187. The van der Waals surface area contributed by atoms with Crippen molar-refractivity contribution in [1.82, 2.24) is 0 Å². The van der Waals surface area contributed by atoms with Crippen LogP contribution in [0.5, 0.6) is 0 Å². The van der Waals surface area contributed by atoms with Gasteiger partial charge in [-0.15, -0.1) is 0 Å². The molecule has 1 atom stereocenters. The molecule has 3 rings (SSSR count). The van der Waals surface area contributed by atoms with Crippen LogP contribution in [0.3, 0.4) is 0 Å². The van der Waals surface area contributed by atoms with Crippen LogP contribution in [0.15, 0.2) is 90.5 Å². The number of unbranched alkanes of at least 4 members (excludes halogenated alkanes) is 1. The molecule has 0 radical (unpaired) electrons. The average molecular weight is 344 g/mol. The van der Waals surface area contributed by atoms with Crippen molar-refractivity contribution in [1.29, 1.82) is 0 Å². The van der Waals surface area contributed by atoms with Gasteiger partial charge in [-0.3, -0.25) is 0 Å². The van der Waals surface area contributed by atoms with E-state index in [0.29, 0.717) is 6.61 Å². The zero-order valence-corrected chi connectivity index (χ0v) is 15.7. The van der Waals surface area contributed by atoms with Crippen molar-refractivity contribution < 1.29 is 4.74 Å². The van der Waals surface area contributed by atoms with Gasteiger partial charge in [0.25, 0.3) is 0 Å². The normalized spacial score (nSPS) is 17.2. The van der Waals surface area contributed by atoms with Crippen LogP contribution >= 0.6 is 0 Å². The van der Waals surface area contributed by atoms with E-state index >= 15 is 0 Å². The van der Waals surface area contributed by atoms with Gasteiger partial charge in [0.15, 0.2) is 0 Å². The minimum absolute atomic E-state index is 0.187. The average Bonchev–Trinajstić information content (AvgIpc) is 3.12. The molecule has 1 unspecified atom stereocenters. The molecular weight excluding hydrogens is 316 g/mol. The smallest absolute Gasteiger partial charge is 0.0839 e. The Kier molecular flexibility index (Phi) is 6.62. The van der Waals surface area contributed by atoms with Gasteiger partial charge in [-0.05, 0) is 40.7 Å². The van der Waals surface area contributed by atoms with E-state index < -0.39 is 0 Å². The predicted molar refractivity (Wildman–Crippen MR) is 111 cm³/mol. The lowest BCUT2D eigenvalue weighted by atomic mass is 9.91. The quantitative estimate of drug-likeness (QED) is 0.505. The van der Waals surface area contributed by atoms with Crippen molar-refractivity contribution in [3.8, 4) is 0 Å². The maximum atomic E-state index is 6.15. The number of rotatable bonds is 8. The van der Waals surface area contributed by atoms with Gasteiger partial charge in [-0.25, -0.2) is 0 Å². The van der Waals surface area contributed by atoms with Crippen molar-refractivity contribution in [3.63, 3.8) is 0 Å². The van der Waals surface area contributed by atoms with E-state index in [1.54, 1.807) is 0 Å². The third-order valence-electron chi connectivity index (χ3n) is 4.88. The Hall–Kier alpha value is -2.38. The molecule has 0 N–H and O–H groups in total. The number of hydrogen-bond donors (Lipinski definition) is 0. The molecule has 0 aromatic heterocycles. The van der Waals surface area contributed by atoms with E-state index in [1.807, 2.05) is 0 Å². The minimum Gasteiger partial charge on any atom is -0.369 e. The molecule has 1 aliphatic rings. The van der Waals surface area contributed by atoms with Gasteiger partial charge < -0.3 is 4.74 Å². The van der Waals surface area contributed by atoms with E-state index in [1.165, 1.54) is 35.1 Å². The van der Waals surface area contributed by atoms with Gasteiger partial charge in [-0.1, -0.05) is 99.2 Å². The van der Waals surface area contributed by atoms with Gasteiger partial charge in [0, 0.05) is 0 Å². The summed E-state index contributed by atoms with van der Waals surface area (Å²) in [6, 6.07) is 21.2. The maximum absolute atomic E-state index is 6.15.